The molecule has 0 radical (unpaired) electrons. The molecule has 4 nitrogen and oxygen atoms in total. The maximum absolute atomic E-state index is 11.0. The van der Waals surface area contributed by atoms with Crippen LogP contribution in [0.25, 0.3) is 0 Å². The highest BCUT2D eigenvalue weighted by molar-refractivity contribution is 5.81. The molecule has 0 unspecified atom stereocenters. The van der Waals surface area contributed by atoms with E-state index < -0.39 is 0 Å². The number of ether oxygens (including phenoxy) is 3. The highest BCUT2D eigenvalue weighted by Crippen LogP contribution is 2.26. The minimum Gasteiger partial charge on any atom is -0.463 e. The molecular weight excluding hydrogens is 268 g/mol. The van der Waals surface area contributed by atoms with E-state index in [1.165, 1.54) is 6.08 Å². The van der Waals surface area contributed by atoms with Crippen molar-refractivity contribution in [1.29, 1.82) is 0 Å². The molecule has 0 aromatic rings. The molecule has 2 aliphatic rings. The molecule has 0 aliphatic heterocycles. The molecule has 116 valence electrons. The zero-order valence-electron chi connectivity index (χ0n) is 12.5. The fourth-order valence-electron chi connectivity index (χ4n) is 2.46. The van der Waals surface area contributed by atoms with E-state index in [-0.39, 0.29) is 12.3 Å². The Kier molecular flexibility index (Phi) is 6.38. The van der Waals surface area contributed by atoms with Gasteiger partial charge in [-0.2, -0.15) is 0 Å². The molecule has 0 N–H and O–H groups in total. The minimum atomic E-state index is -0.384. The number of allylic oxidation sites excluding steroid dienone is 4. The maximum atomic E-state index is 11.0. The molecular formula is C17H24O4. The van der Waals surface area contributed by atoms with Crippen LogP contribution in [0.1, 0.15) is 51.4 Å². The number of hydrogen-bond acceptors (Lipinski definition) is 4. The molecule has 0 heterocycles. The molecule has 4 heteroatoms. The van der Waals surface area contributed by atoms with E-state index >= 15 is 0 Å². The van der Waals surface area contributed by atoms with E-state index in [0.29, 0.717) is 19.4 Å². The van der Waals surface area contributed by atoms with Crippen molar-refractivity contribution in [2.24, 2.45) is 0 Å². The lowest BCUT2D eigenvalue weighted by atomic mass is 10.3. The Bertz CT molecular complexity index is 397. The first-order valence-corrected chi connectivity index (χ1v) is 7.78. The summed E-state index contributed by atoms with van der Waals surface area (Å²) in [4.78, 5) is 11.0. The average Bonchev–Trinajstić information content (AvgIpc) is 3.16. The molecule has 0 aromatic carbocycles. The van der Waals surface area contributed by atoms with Gasteiger partial charge >= 0.3 is 5.97 Å². The van der Waals surface area contributed by atoms with Crippen LogP contribution in [0.3, 0.4) is 0 Å². The summed E-state index contributed by atoms with van der Waals surface area (Å²) in [6.07, 6.45) is 13.1. The molecule has 2 aliphatic carbocycles. The van der Waals surface area contributed by atoms with E-state index in [2.05, 4.69) is 18.7 Å². The average molecular weight is 292 g/mol. The number of hydrogen-bond donors (Lipinski definition) is 0. The number of esters is 1. The second-order valence-electron chi connectivity index (χ2n) is 5.30. The van der Waals surface area contributed by atoms with E-state index in [4.69, 9.17) is 14.2 Å². The van der Waals surface area contributed by atoms with Crippen molar-refractivity contribution in [3.8, 4) is 0 Å². The van der Waals surface area contributed by atoms with Crippen molar-refractivity contribution in [2.75, 3.05) is 6.61 Å². The topological polar surface area (TPSA) is 44.8 Å². The number of carbonyl (C=O) groups is 1. The Morgan fingerprint density at radius 2 is 1.81 bits per heavy atom. The lowest BCUT2D eigenvalue weighted by Gasteiger charge is -2.22. The van der Waals surface area contributed by atoms with Gasteiger partial charge in [0.15, 0.2) is 0 Å². The smallest absolute Gasteiger partial charge is 0.330 e. The SMILES string of the molecule is C=CC(=O)OCCCC(OC1=CCCC1)OC1=CCCC1. The first kappa shape index (κ1) is 15.7. The van der Waals surface area contributed by atoms with Gasteiger partial charge in [-0.15, -0.1) is 0 Å². The second-order valence-corrected chi connectivity index (χ2v) is 5.30. The third-order valence-electron chi connectivity index (χ3n) is 3.56. The molecule has 21 heavy (non-hydrogen) atoms. The lowest BCUT2D eigenvalue weighted by Crippen LogP contribution is -2.17. The summed E-state index contributed by atoms with van der Waals surface area (Å²) in [5, 5.41) is 0. The fourth-order valence-corrected chi connectivity index (χ4v) is 2.46. The molecule has 0 amide bonds. The van der Waals surface area contributed by atoms with Crippen molar-refractivity contribution < 1.29 is 19.0 Å². The van der Waals surface area contributed by atoms with Gasteiger partial charge < -0.3 is 14.2 Å². The van der Waals surface area contributed by atoms with Gasteiger partial charge in [-0.3, -0.25) is 0 Å². The van der Waals surface area contributed by atoms with Crippen LogP contribution < -0.4 is 0 Å². The van der Waals surface area contributed by atoms with Gasteiger partial charge in [0.1, 0.15) is 0 Å². The van der Waals surface area contributed by atoms with Crippen LogP contribution in [-0.2, 0) is 19.0 Å². The normalized spacial score (nSPS) is 17.4. The number of carbonyl (C=O) groups excluding carboxylic acids is 1. The Labute approximate surface area is 126 Å². The van der Waals surface area contributed by atoms with Gasteiger partial charge in [-0.05, 0) is 44.3 Å². The third-order valence-corrected chi connectivity index (χ3v) is 3.56. The zero-order chi connectivity index (χ0) is 14.9. The van der Waals surface area contributed by atoms with Gasteiger partial charge in [0, 0.05) is 25.3 Å². The summed E-state index contributed by atoms with van der Waals surface area (Å²) in [5.74, 6) is 1.67. The van der Waals surface area contributed by atoms with Gasteiger partial charge in [-0.1, -0.05) is 6.58 Å². The van der Waals surface area contributed by atoms with Crippen LogP contribution in [-0.4, -0.2) is 18.9 Å². The lowest BCUT2D eigenvalue weighted by molar-refractivity contribution is -0.139. The standard InChI is InChI=1S/C17H24O4/c1-2-16(18)19-13-7-12-17(20-14-8-3-4-9-14)21-15-10-5-6-11-15/h2,8,10,17H,1,3-7,9,11-13H2. The van der Waals surface area contributed by atoms with Gasteiger partial charge in [0.25, 0.3) is 0 Å². The first-order chi connectivity index (χ1) is 10.3. The molecule has 0 bridgehead atoms. The van der Waals surface area contributed by atoms with Crippen LogP contribution in [0.15, 0.2) is 36.3 Å². The van der Waals surface area contributed by atoms with Crippen LogP contribution >= 0.6 is 0 Å². The highest BCUT2D eigenvalue weighted by Gasteiger charge is 2.18. The Balaban J connectivity index is 1.76. The van der Waals surface area contributed by atoms with E-state index in [1.807, 2.05) is 0 Å². The fraction of sp³-hybridized carbons (Fsp3) is 0.588. The molecule has 0 saturated heterocycles. The molecule has 2 rings (SSSR count). The van der Waals surface area contributed by atoms with E-state index in [1.54, 1.807) is 0 Å². The summed E-state index contributed by atoms with van der Waals surface area (Å²) >= 11 is 0. The summed E-state index contributed by atoms with van der Waals surface area (Å²) in [7, 11) is 0. The highest BCUT2D eigenvalue weighted by atomic mass is 16.7. The van der Waals surface area contributed by atoms with Crippen molar-refractivity contribution in [3.05, 3.63) is 36.3 Å². The van der Waals surface area contributed by atoms with Crippen molar-refractivity contribution in [3.63, 3.8) is 0 Å². The van der Waals surface area contributed by atoms with E-state index in [9.17, 15) is 4.79 Å². The predicted octanol–water partition coefficient (Wildman–Crippen LogP) is 3.99. The van der Waals surface area contributed by atoms with E-state index in [0.717, 1.165) is 50.0 Å². The first-order valence-electron chi connectivity index (χ1n) is 7.78. The summed E-state index contributed by atoms with van der Waals surface area (Å²) in [6.45, 7) is 3.74. The Hall–Kier alpha value is -1.71. The number of rotatable bonds is 9. The Morgan fingerprint density at radius 3 is 2.29 bits per heavy atom. The molecule has 0 spiro atoms. The monoisotopic (exact) mass is 292 g/mol. The van der Waals surface area contributed by atoms with Crippen molar-refractivity contribution in [1.82, 2.24) is 0 Å². The second kappa shape index (κ2) is 8.55. The van der Waals surface area contributed by atoms with Crippen LogP contribution in [0.4, 0.5) is 0 Å². The molecule has 0 atom stereocenters. The van der Waals surface area contributed by atoms with Gasteiger partial charge in [0.05, 0.1) is 18.1 Å². The maximum Gasteiger partial charge on any atom is 0.330 e. The van der Waals surface area contributed by atoms with Crippen molar-refractivity contribution in [2.45, 2.75) is 57.7 Å². The summed E-state index contributed by atoms with van der Waals surface area (Å²) in [6, 6.07) is 0. The summed E-state index contributed by atoms with van der Waals surface area (Å²) in [5.41, 5.74) is 0. The van der Waals surface area contributed by atoms with Crippen LogP contribution in [0, 0.1) is 0 Å². The summed E-state index contributed by atoms with van der Waals surface area (Å²) < 4.78 is 16.9. The van der Waals surface area contributed by atoms with Crippen molar-refractivity contribution >= 4 is 5.97 Å². The van der Waals surface area contributed by atoms with Crippen LogP contribution in [0.5, 0.6) is 0 Å². The Morgan fingerprint density at radius 1 is 1.19 bits per heavy atom. The quantitative estimate of drug-likeness (QED) is 0.279. The zero-order valence-corrected chi connectivity index (χ0v) is 12.5. The molecule has 0 fully saturated rings. The molecule has 0 aromatic heterocycles. The van der Waals surface area contributed by atoms with Gasteiger partial charge in [-0.25, -0.2) is 4.79 Å². The largest absolute Gasteiger partial charge is 0.463 e. The van der Waals surface area contributed by atoms with Crippen LogP contribution in [0.2, 0.25) is 0 Å². The molecule has 0 saturated carbocycles. The minimum absolute atomic E-state index is 0.277. The predicted molar refractivity (Wildman–Crippen MR) is 80.2 cm³/mol. The van der Waals surface area contributed by atoms with Gasteiger partial charge in [0.2, 0.25) is 6.29 Å². The third kappa shape index (κ3) is 5.66.